The number of carboxylic acids is 1. The molecule has 132 valence electrons. The number of carbonyl (C=O) groups excluding carboxylic acids is 2. The Kier molecular flexibility index (Phi) is 4.74. The van der Waals surface area contributed by atoms with Crippen molar-refractivity contribution in [3.8, 4) is 5.75 Å². The fourth-order valence-electron chi connectivity index (χ4n) is 3.12. The van der Waals surface area contributed by atoms with Crippen molar-refractivity contribution in [3.05, 3.63) is 39.2 Å². The van der Waals surface area contributed by atoms with Gasteiger partial charge in [0.2, 0.25) is 0 Å². The van der Waals surface area contributed by atoms with E-state index in [0.29, 0.717) is 23.3 Å². The number of hydrogen-bond donors (Lipinski definition) is 1. The van der Waals surface area contributed by atoms with E-state index >= 15 is 0 Å². The first-order chi connectivity index (χ1) is 12.0. The first-order valence-electron chi connectivity index (χ1n) is 8.14. The zero-order chi connectivity index (χ0) is 18.0. The van der Waals surface area contributed by atoms with Crippen LogP contribution in [-0.4, -0.2) is 25.0 Å². The number of carboxylic acid groups (broad SMARTS) is 1. The Labute approximate surface area is 143 Å². The van der Waals surface area contributed by atoms with Crippen LogP contribution < -0.4 is 20.8 Å². The smallest absolute Gasteiger partial charge is 0.339 e. The summed E-state index contributed by atoms with van der Waals surface area (Å²) in [5, 5.41) is 13.5. The van der Waals surface area contributed by atoms with Crippen LogP contribution in [0.3, 0.4) is 0 Å². The summed E-state index contributed by atoms with van der Waals surface area (Å²) in [6, 6.07) is 3.58. The minimum absolute atomic E-state index is 0.0106. The largest absolute Gasteiger partial charge is 0.550 e. The van der Waals surface area contributed by atoms with Gasteiger partial charge in [0, 0.05) is 24.5 Å². The van der Waals surface area contributed by atoms with Gasteiger partial charge in [-0.1, -0.05) is 0 Å². The van der Waals surface area contributed by atoms with Crippen molar-refractivity contribution in [1.29, 1.82) is 0 Å². The van der Waals surface area contributed by atoms with Gasteiger partial charge in [0.15, 0.2) is 6.61 Å². The Bertz CT molecular complexity index is 899. The maximum absolute atomic E-state index is 12.1. The number of carbonyl (C=O) groups is 2. The van der Waals surface area contributed by atoms with Crippen molar-refractivity contribution >= 4 is 22.8 Å². The van der Waals surface area contributed by atoms with Gasteiger partial charge in [-0.3, -0.25) is 4.79 Å². The van der Waals surface area contributed by atoms with E-state index in [4.69, 9.17) is 9.15 Å². The Balaban J connectivity index is 1.84. The Morgan fingerprint density at radius 3 is 2.80 bits per heavy atom. The first-order valence-corrected chi connectivity index (χ1v) is 8.14. The fraction of sp³-hybridized carbons (Fsp3) is 0.389. The van der Waals surface area contributed by atoms with E-state index in [1.807, 2.05) is 6.92 Å². The second-order valence-electron chi connectivity index (χ2n) is 6.10. The lowest BCUT2D eigenvalue weighted by Crippen LogP contribution is -2.33. The maximum Gasteiger partial charge on any atom is 0.339 e. The molecule has 1 aliphatic rings. The van der Waals surface area contributed by atoms with Crippen molar-refractivity contribution in [2.45, 2.75) is 32.6 Å². The van der Waals surface area contributed by atoms with Crippen LogP contribution in [0.4, 0.5) is 0 Å². The number of aryl methyl sites for hydroxylation is 2. The average Bonchev–Trinajstić information content (AvgIpc) is 3.02. The van der Waals surface area contributed by atoms with Crippen LogP contribution in [-0.2, 0) is 22.4 Å². The van der Waals surface area contributed by atoms with Crippen LogP contribution in [0.5, 0.6) is 5.75 Å². The summed E-state index contributed by atoms with van der Waals surface area (Å²) in [5.74, 6) is -1.16. The molecule has 7 heteroatoms. The van der Waals surface area contributed by atoms with E-state index < -0.39 is 11.9 Å². The Morgan fingerprint density at radius 2 is 2.04 bits per heavy atom. The summed E-state index contributed by atoms with van der Waals surface area (Å²) in [5.41, 5.74) is 2.61. The molecule has 7 nitrogen and oxygen atoms in total. The van der Waals surface area contributed by atoms with Crippen LogP contribution in [0.25, 0.3) is 11.0 Å². The molecule has 1 aromatic carbocycles. The van der Waals surface area contributed by atoms with Gasteiger partial charge in [0.25, 0.3) is 5.91 Å². The predicted octanol–water partition coefficient (Wildman–Crippen LogP) is 0.225. The van der Waals surface area contributed by atoms with Gasteiger partial charge in [-0.05, 0) is 49.4 Å². The van der Waals surface area contributed by atoms with Crippen LogP contribution in [0.1, 0.15) is 29.5 Å². The number of ether oxygens (including phenoxy) is 1. The summed E-state index contributed by atoms with van der Waals surface area (Å²) in [6.07, 6.45) is 2.09. The van der Waals surface area contributed by atoms with Gasteiger partial charge in [-0.25, -0.2) is 4.79 Å². The van der Waals surface area contributed by atoms with E-state index in [1.165, 1.54) is 0 Å². The number of nitrogens with one attached hydrogen (secondary N) is 1. The van der Waals surface area contributed by atoms with Gasteiger partial charge in [0.1, 0.15) is 11.3 Å². The number of rotatable bonds is 6. The van der Waals surface area contributed by atoms with Gasteiger partial charge in [-0.2, -0.15) is 0 Å². The molecule has 1 aromatic heterocycles. The minimum atomic E-state index is -1.23. The average molecular weight is 344 g/mol. The third-order valence-corrected chi connectivity index (χ3v) is 4.19. The lowest BCUT2D eigenvalue weighted by Gasteiger charge is -2.13. The molecule has 0 saturated carbocycles. The lowest BCUT2D eigenvalue weighted by molar-refractivity contribution is -0.305. The molecule has 0 radical (unpaired) electrons. The van der Waals surface area contributed by atoms with Gasteiger partial charge >= 0.3 is 5.63 Å². The summed E-state index contributed by atoms with van der Waals surface area (Å²) < 4.78 is 11.1. The van der Waals surface area contributed by atoms with E-state index in [9.17, 15) is 19.5 Å². The zero-order valence-corrected chi connectivity index (χ0v) is 13.8. The Morgan fingerprint density at radius 1 is 1.28 bits per heavy atom. The molecule has 0 bridgehead atoms. The molecule has 1 N–H and O–H groups in total. The zero-order valence-electron chi connectivity index (χ0n) is 13.8. The van der Waals surface area contributed by atoms with Gasteiger partial charge in [0.05, 0.1) is 5.39 Å². The summed E-state index contributed by atoms with van der Waals surface area (Å²) in [4.78, 5) is 34.2. The highest BCUT2D eigenvalue weighted by Gasteiger charge is 2.22. The van der Waals surface area contributed by atoms with Crippen molar-refractivity contribution in [3.63, 3.8) is 0 Å². The lowest BCUT2D eigenvalue weighted by atomic mass is 10.0. The highest BCUT2D eigenvalue weighted by atomic mass is 16.5. The molecule has 0 spiro atoms. The molecule has 1 amide bonds. The molecular weight excluding hydrogens is 326 g/mol. The fourth-order valence-corrected chi connectivity index (χ4v) is 3.12. The first kappa shape index (κ1) is 17.0. The number of amides is 1. The maximum atomic E-state index is 12.1. The second-order valence-corrected chi connectivity index (χ2v) is 6.10. The summed E-state index contributed by atoms with van der Waals surface area (Å²) in [7, 11) is 0. The SMILES string of the molecule is Cc1cc(OCC(=O)NCCC(=O)[O-])c2c3c(c(=O)oc2c1)CCC3. The van der Waals surface area contributed by atoms with Gasteiger partial charge < -0.3 is 24.4 Å². The topological polar surface area (TPSA) is 109 Å². The molecule has 2 aromatic rings. The number of aliphatic carboxylic acids is 1. The van der Waals surface area contributed by atoms with Crippen LogP contribution >= 0.6 is 0 Å². The molecule has 3 rings (SSSR count). The second kappa shape index (κ2) is 6.96. The van der Waals surface area contributed by atoms with Crippen molar-refractivity contribution in [1.82, 2.24) is 5.32 Å². The molecule has 1 heterocycles. The highest BCUT2D eigenvalue weighted by Crippen LogP contribution is 2.35. The summed E-state index contributed by atoms with van der Waals surface area (Å²) in [6.45, 7) is 1.59. The predicted molar refractivity (Wildman–Crippen MR) is 87.4 cm³/mol. The van der Waals surface area contributed by atoms with Gasteiger partial charge in [-0.15, -0.1) is 0 Å². The van der Waals surface area contributed by atoms with E-state index in [-0.39, 0.29) is 25.2 Å². The summed E-state index contributed by atoms with van der Waals surface area (Å²) >= 11 is 0. The molecule has 0 aliphatic heterocycles. The number of fused-ring (bicyclic) bond motifs is 3. The van der Waals surface area contributed by atoms with Crippen molar-refractivity contribution in [2.75, 3.05) is 13.2 Å². The molecule has 0 fully saturated rings. The van der Waals surface area contributed by atoms with Crippen molar-refractivity contribution < 1.29 is 23.8 Å². The normalized spacial score (nSPS) is 12.8. The highest BCUT2D eigenvalue weighted by molar-refractivity contribution is 5.89. The molecule has 1 aliphatic carbocycles. The quantitative estimate of drug-likeness (QED) is 0.751. The van der Waals surface area contributed by atoms with Crippen LogP contribution in [0.2, 0.25) is 0 Å². The monoisotopic (exact) mass is 344 g/mol. The molecule has 0 atom stereocenters. The standard InChI is InChI=1S/C18H19NO6/c1-10-7-13(24-9-15(20)19-6-5-16(21)22)17-11-3-2-4-12(11)18(23)25-14(17)8-10/h7-8H,2-6,9H2,1H3,(H,19,20)(H,21,22)/p-1. The molecule has 25 heavy (non-hydrogen) atoms. The van der Waals surface area contributed by atoms with E-state index in [2.05, 4.69) is 5.32 Å². The molecule has 0 saturated heterocycles. The van der Waals surface area contributed by atoms with Crippen LogP contribution in [0.15, 0.2) is 21.3 Å². The minimum Gasteiger partial charge on any atom is -0.550 e. The molecular formula is C18H18NO6-. The third-order valence-electron chi connectivity index (χ3n) is 4.19. The van der Waals surface area contributed by atoms with Crippen LogP contribution in [0, 0.1) is 6.92 Å². The Hall–Kier alpha value is -2.83. The van der Waals surface area contributed by atoms with E-state index in [1.54, 1.807) is 12.1 Å². The van der Waals surface area contributed by atoms with E-state index in [0.717, 1.165) is 29.4 Å². The van der Waals surface area contributed by atoms with Crippen molar-refractivity contribution in [2.24, 2.45) is 0 Å². The third kappa shape index (κ3) is 3.65. The number of benzene rings is 1. The molecule has 0 unspecified atom stereocenters. The number of hydrogen-bond acceptors (Lipinski definition) is 6.